The number of benzene rings is 1. The molecule has 0 saturated carbocycles. The molecule has 2 aromatic rings. The smallest absolute Gasteiger partial charge is 0.224 e. The van der Waals surface area contributed by atoms with Crippen molar-refractivity contribution >= 4 is 5.91 Å². The number of amides is 1. The molecule has 2 rings (SSSR count). The predicted molar refractivity (Wildman–Crippen MR) is 64.9 cm³/mol. The molecule has 18 heavy (non-hydrogen) atoms. The van der Waals surface area contributed by atoms with Crippen molar-refractivity contribution in [2.75, 3.05) is 7.11 Å². The van der Waals surface area contributed by atoms with E-state index in [0.717, 1.165) is 11.3 Å². The van der Waals surface area contributed by atoms with Crippen molar-refractivity contribution in [3.63, 3.8) is 0 Å². The number of H-pyrrole nitrogens is 1. The largest absolute Gasteiger partial charge is 0.497 e. The van der Waals surface area contributed by atoms with Gasteiger partial charge < -0.3 is 10.1 Å². The summed E-state index contributed by atoms with van der Waals surface area (Å²) in [5.74, 6) is 1.36. The minimum absolute atomic E-state index is 0.0587. The fourth-order valence-electron chi connectivity index (χ4n) is 1.49. The van der Waals surface area contributed by atoms with Crippen LogP contribution in [0.1, 0.15) is 11.4 Å². The number of carbonyl (C=O) groups is 1. The third kappa shape index (κ3) is 3.31. The first-order valence-electron chi connectivity index (χ1n) is 5.52. The van der Waals surface area contributed by atoms with E-state index < -0.39 is 0 Å². The van der Waals surface area contributed by atoms with Crippen molar-refractivity contribution in [3.05, 3.63) is 42.0 Å². The number of aromatic amines is 1. The lowest BCUT2D eigenvalue weighted by Gasteiger charge is -2.04. The highest BCUT2D eigenvalue weighted by Crippen LogP contribution is 2.11. The first-order valence-corrected chi connectivity index (χ1v) is 5.52. The number of nitrogens with zero attached hydrogens (tertiary/aromatic N) is 2. The Hall–Kier alpha value is -2.37. The highest BCUT2D eigenvalue weighted by Gasteiger charge is 2.04. The van der Waals surface area contributed by atoms with Gasteiger partial charge in [0.15, 0.2) is 0 Å². The zero-order valence-electron chi connectivity index (χ0n) is 10.0. The molecule has 1 aromatic heterocycles. The molecule has 6 nitrogen and oxygen atoms in total. The van der Waals surface area contributed by atoms with Crippen LogP contribution in [0, 0.1) is 0 Å². The van der Waals surface area contributed by atoms with Gasteiger partial charge in [-0.2, -0.15) is 5.10 Å². The van der Waals surface area contributed by atoms with Gasteiger partial charge in [-0.05, 0) is 17.7 Å². The molecule has 94 valence electrons. The Morgan fingerprint density at radius 3 is 2.78 bits per heavy atom. The van der Waals surface area contributed by atoms with Gasteiger partial charge in [-0.3, -0.25) is 9.89 Å². The zero-order chi connectivity index (χ0) is 12.8. The molecule has 0 atom stereocenters. The molecule has 0 aliphatic carbocycles. The van der Waals surface area contributed by atoms with E-state index in [0.29, 0.717) is 18.8 Å². The van der Waals surface area contributed by atoms with Gasteiger partial charge in [-0.1, -0.05) is 12.1 Å². The van der Waals surface area contributed by atoms with Crippen LogP contribution in [0.5, 0.6) is 5.75 Å². The van der Waals surface area contributed by atoms with E-state index in [1.165, 1.54) is 6.33 Å². The molecular weight excluding hydrogens is 232 g/mol. The summed E-state index contributed by atoms with van der Waals surface area (Å²) in [5.41, 5.74) is 0.936. The Balaban J connectivity index is 1.83. The molecule has 1 aromatic carbocycles. The van der Waals surface area contributed by atoms with Crippen LogP contribution in [0.3, 0.4) is 0 Å². The maximum absolute atomic E-state index is 11.7. The Morgan fingerprint density at radius 2 is 2.17 bits per heavy atom. The van der Waals surface area contributed by atoms with Gasteiger partial charge in [0.2, 0.25) is 5.91 Å². The fraction of sp³-hybridized carbons (Fsp3) is 0.250. The molecule has 0 fully saturated rings. The van der Waals surface area contributed by atoms with Gasteiger partial charge in [-0.25, -0.2) is 4.98 Å². The van der Waals surface area contributed by atoms with E-state index in [9.17, 15) is 4.79 Å². The lowest BCUT2D eigenvalue weighted by molar-refractivity contribution is -0.120. The van der Waals surface area contributed by atoms with E-state index in [1.807, 2.05) is 24.3 Å². The second-order valence-corrected chi connectivity index (χ2v) is 3.73. The van der Waals surface area contributed by atoms with Gasteiger partial charge in [0.25, 0.3) is 0 Å². The Kier molecular flexibility index (Phi) is 3.90. The van der Waals surface area contributed by atoms with E-state index in [1.54, 1.807) is 7.11 Å². The van der Waals surface area contributed by atoms with Crippen LogP contribution in [-0.4, -0.2) is 28.2 Å². The van der Waals surface area contributed by atoms with Crippen LogP contribution in [-0.2, 0) is 17.8 Å². The van der Waals surface area contributed by atoms with Crippen molar-refractivity contribution in [1.29, 1.82) is 0 Å². The number of ether oxygens (including phenoxy) is 1. The lowest BCUT2D eigenvalue weighted by atomic mass is 10.1. The summed E-state index contributed by atoms with van der Waals surface area (Å²) in [6, 6.07) is 7.40. The second-order valence-electron chi connectivity index (χ2n) is 3.73. The molecule has 1 heterocycles. The third-order valence-corrected chi connectivity index (χ3v) is 2.44. The van der Waals surface area contributed by atoms with Crippen LogP contribution in [0.4, 0.5) is 0 Å². The summed E-state index contributed by atoms with van der Waals surface area (Å²) in [6.07, 6.45) is 1.74. The monoisotopic (exact) mass is 246 g/mol. The molecule has 0 radical (unpaired) electrons. The molecule has 2 N–H and O–H groups in total. The van der Waals surface area contributed by atoms with Crippen LogP contribution in [0.25, 0.3) is 0 Å². The Morgan fingerprint density at radius 1 is 1.39 bits per heavy atom. The summed E-state index contributed by atoms with van der Waals surface area (Å²) in [4.78, 5) is 15.6. The van der Waals surface area contributed by atoms with E-state index >= 15 is 0 Å². The molecule has 0 spiro atoms. The van der Waals surface area contributed by atoms with E-state index in [4.69, 9.17) is 4.74 Å². The molecule has 0 aliphatic heterocycles. The number of aromatic nitrogens is 3. The van der Waals surface area contributed by atoms with E-state index in [-0.39, 0.29) is 5.91 Å². The highest BCUT2D eigenvalue weighted by atomic mass is 16.5. The number of methoxy groups -OCH3 is 1. The number of nitrogens with one attached hydrogen (secondary N) is 2. The second kappa shape index (κ2) is 5.81. The van der Waals surface area contributed by atoms with Crippen LogP contribution in [0.2, 0.25) is 0 Å². The molecule has 0 unspecified atom stereocenters. The molecule has 1 amide bonds. The molecule has 6 heteroatoms. The van der Waals surface area contributed by atoms with E-state index in [2.05, 4.69) is 20.5 Å². The summed E-state index contributed by atoms with van der Waals surface area (Å²) >= 11 is 0. The minimum atomic E-state index is -0.0587. The number of rotatable bonds is 5. The highest BCUT2D eigenvalue weighted by molar-refractivity contribution is 5.78. The Bertz CT molecular complexity index is 493. The number of hydrogen-bond donors (Lipinski definition) is 2. The average molecular weight is 246 g/mol. The van der Waals surface area contributed by atoms with Crippen molar-refractivity contribution in [2.45, 2.75) is 13.0 Å². The number of hydrogen-bond acceptors (Lipinski definition) is 4. The first-order chi connectivity index (χ1) is 8.78. The maximum Gasteiger partial charge on any atom is 0.224 e. The quantitative estimate of drug-likeness (QED) is 0.812. The molecule has 0 aliphatic rings. The van der Waals surface area contributed by atoms with Crippen molar-refractivity contribution < 1.29 is 9.53 Å². The molecule has 0 saturated heterocycles. The van der Waals surface area contributed by atoms with Gasteiger partial charge in [0, 0.05) is 0 Å². The summed E-state index contributed by atoms with van der Waals surface area (Å²) in [5, 5.41) is 9.14. The van der Waals surface area contributed by atoms with Gasteiger partial charge in [0.05, 0.1) is 20.1 Å². The Labute approximate surface area is 104 Å². The topological polar surface area (TPSA) is 79.9 Å². The normalized spacial score (nSPS) is 10.1. The minimum Gasteiger partial charge on any atom is -0.497 e. The summed E-state index contributed by atoms with van der Waals surface area (Å²) < 4.78 is 5.05. The van der Waals surface area contributed by atoms with Gasteiger partial charge in [0.1, 0.15) is 17.9 Å². The SMILES string of the molecule is COc1ccc(CC(=O)NCc2ncn[nH]2)cc1. The zero-order valence-corrected chi connectivity index (χ0v) is 10.0. The third-order valence-electron chi connectivity index (χ3n) is 2.44. The average Bonchev–Trinajstić information content (AvgIpc) is 2.90. The standard InChI is InChI=1S/C12H14N4O2/c1-18-10-4-2-9(3-5-10)6-12(17)13-7-11-14-8-15-16-11/h2-5,8H,6-7H2,1H3,(H,13,17)(H,14,15,16). The van der Waals surface area contributed by atoms with Gasteiger partial charge >= 0.3 is 0 Å². The van der Waals surface area contributed by atoms with Gasteiger partial charge in [-0.15, -0.1) is 0 Å². The van der Waals surface area contributed by atoms with Crippen molar-refractivity contribution in [2.24, 2.45) is 0 Å². The van der Waals surface area contributed by atoms with Crippen LogP contribution in [0.15, 0.2) is 30.6 Å². The summed E-state index contributed by atoms with van der Waals surface area (Å²) in [7, 11) is 1.61. The molecule has 0 bridgehead atoms. The first kappa shape index (κ1) is 12.1. The predicted octanol–water partition coefficient (Wildman–Crippen LogP) is 0.672. The van der Waals surface area contributed by atoms with Crippen molar-refractivity contribution in [3.8, 4) is 5.75 Å². The van der Waals surface area contributed by atoms with Crippen LogP contribution >= 0.6 is 0 Å². The van der Waals surface area contributed by atoms with Crippen LogP contribution < -0.4 is 10.1 Å². The molecular formula is C12H14N4O2. The lowest BCUT2D eigenvalue weighted by Crippen LogP contribution is -2.25. The maximum atomic E-state index is 11.7. The number of carbonyl (C=O) groups excluding carboxylic acids is 1. The summed E-state index contributed by atoms with van der Waals surface area (Å²) in [6.45, 7) is 0.356. The fourth-order valence-corrected chi connectivity index (χ4v) is 1.49. The van der Waals surface area contributed by atoms with Crippen molar-refractivity contribution in [1.82, 2.24) is 20.5 Å².